The zero-order valence-electron chi connectivity index (χ0n) is 17.0. The lowest BCUT2D eigenvalue weighted by Crippen LogP contribution is -2.48. The molecular weight excluding hydrogens is 355 g/mol. The highest BCUT2D eigenvalue weighted by Crippen LogP contribution is 2.16. The average molecular weight is 384 g/mol. The largest absolute Gasteiger partial charge is 0.354 e. The lowest BCUT2D eigenvalue weighted by Gasteiger charge is -2.29. The first-order valence-electron chi connectivity index (χ1n) is 9.64. The van der Waals surface area contributed by atoms with Gasteiger partial charge in [0.05, 0.1) is 6.42 Å². The van der Waals surface area contributed by atoms with Crippen LogP contribution in [0.1, 0.15) is 37.5 Å². The summed E-state index contributed by atoms with van der Waals surface area (Å²) in [4.78, 5) is 27.1. The summed E-state index contributed by atoms with van der Waals surface area (Å²) < 4.78 is 14.2. The summed E-state index contributed by atoms with van der Waals surface area (Å²) >= 11 is 0. The molecule has 1 unspecified atom stereocenters. The molecule has 0 aliphatic carbocycles. The van der Waals surface area contributed by atoms with Crippen molar-refractivity contribution < 1.29 is 14.0 Å². The SMILES string of the molecule is Cc1ccccc1CC(=O)N(Cc1ccccc1F)C(C)C(=O)NCC(C)C. The molecule has 0 saturated carbocycles. The summed E-state index contributed by atoms with van der Waals surface area (Å²) in [5, 5.41) is 2.87. The molecule has 150 valence electrons. The number of hydrogen-bond donors (Lipinski definition) is 1. The van der Waals surface area contributed by atoms with Crippen LogP contribution in [0, 0.1) is 18.7 Å². The zero-order valence-corrected chi connectivity index (χ0v) is 17.0. The molecular formula is C23H29FN2O2. The number of aryl methyl sites for hydroxylation is 1. The van der Waals surface area contributed by atoms with Gasteiger partial charge in [0.1, 0.15) is 11.9 Å². The molecule has 0 heterocycles. The summed E-state index contributed by atoms with van der Waals surface area (Å²) in [5.41, 5.74) is 2.31. The third-order valence-corrected chi connectivity index (χ3v) is 4.75. The zero-order chi connectivity index (χ0) is 20.7. The van der Waals surface area contributed by atoms with Crippen molar-refractivity contribution >= 4 is 11.8 Å². The first-order chi connectivity index (χ1) is 13.3. The number of carbonyl (C=O) groups excluding carboxylic acids is 2. The van der Waals surface area contributed by atoms with Gasteiger partial charge in [-0.05, 0) is 37.0 Å². The van der Waals surface area contributed by atoms with Crippen molar-refractivity contribution in [1.82, 2.24) is 10.2 Å². The Morgan fingerprint density at radius 3 is 2.21 bits per heavy atom. The van der Waals surface area contributed by atoms with E-state index in [0.29, 0.717) is 18.0 Å². The van der Waals surface area contributed by atoms with E-state index in [4.69, 9.17) is 0 Å². The molecule has 5 heteroatoms. The van der Waals surface area contributed by atoms with Gasteiger partial charge in [0.25, 0.3) is 0 Å². The molecule has 0 spiro atoms. The van der Waals surface area contributed by atoms with Crippen LogP contribution < -0.4 is 5.32 Å². The highest BCUT2D eigenvalue weighted by Gasteiger charge is 2.27. The summed E-state index contributed by atoms with van der Waals surface area (Å²) in [6.07, 6.45) is 0.170. The number of amides is 2. The predicted molar refractivity (Wildman–Crippen MR) is 109 cm³/mol. The summed E-state index contributed by atoms with van der Waals surface area (Å²) in [6.45, 7) is 8.22. The van der Waals surface area contributed by atoms with E-state index in [9.17, 15) is 14.0 Å². The normalized spacial score (nSPS) is 11.9. The summed E-state index contributed by atoms with van der Waals surface area (Å²) in [7, 11) is 0. The Bertz CT molecular complexity index is 820. The molecule has 0 aliphatic rings. The van der Waals surface area contributed by atoms with Crippen LogP contribution in [-0.4, -0.2) is 29.3 Å². The van der Waals surface area contributed by atoms with Crippen LogP contribution in [-0.2, 0) is 22.6 Å². The lowest BCUT2D eigenvalue weighted by molar-refractivity contribution is -0.140. The molecule has 0 fully saturated rings. The van der Waals surface area contributed by atoms with Gasteiger partial charge in [-0.3, -0.25) is 9.59 Å². The van der Waals surface area contributed by atoms with Gasteiger partial charge in [0, 0.05) is 18.7 Å². The monoisotopic (exact) mass is 384 g/mol. The molecule has 2 amide bonds. The van der Waals surface area contributed by atoms with Crippen LogP contribution in [0.25, 0.3) is 0 Å². The minimum absolute atomic E-state index is 0.0493. The maximum absolute atomic E-state index is 14.2. The second-order valence-corrected chi connectivity index (χ2v) is 7.53. The van der Waals surface area contributed by atoms with E-state index in [1.54, 1.807) is 25.1 Å². The molecule has 1 N–H and O–H groups in total. The van der Waals surface area contributed by atoms with Crippen molar-refractivity contribution in [3.63, 3.8) is 0 Å². The van der Waals surface area contributed by atoms with Crippen LogP contribution >= 0.6 is 0 Å². The van der Waals surface area contributed by atoms with Crippen LogP contribution in [0.2, 0.25) is 0 Å². The van der Waals surface area contributed by atoms with Crippen molar-refractivity contribution in [3.05, 3.63) is 71.0 Å². The van der Waals surface area contributed by atoms with Crippen molar-refractivity contribution in [2.45, 2.75) is 46.7 Å². The minimum atomic E-state index is -0.699. The molecule has 2 aromatic rings. The Morgan fingerprint density at radius 1 is 1.00 bits per heavy atom. The number of halogens is 1. The number of rotatable bonds is 8. The number of benzene rings is 2. The summed E-state index contributed by atoms with van der Waals surface area (Å²) in [5.74, 6) is -0.516. The van der Waals surface area contributed by atoms with Gasteiger partial charge < -0.3 is 10.2 Å². The second-order valence-electron chi connectivity index (χ2n) is 7.53. The van der Waals surface area contributed by atoms with Gasteiger partial charge in [-0.25, -0.2) is 4.39 Å². The van der Waals surface area contributed by atoms with E-state index >= 15 is 0 Å². The standard InChI is InChI=1S/C23H29FN2O2/c1-16(2)14-25-23(28)18(4)26(15-20-11-7-8-12-21(20)24)22(27)13-19-10-6-5-9-17(19)3/h5-12,16,18H,13-15H2,1-4H3,(H,25,28). The predicted octanol–water partition coefficient (Wildman–Crippen LogP) is 3.87. The fourth-order valence-corrected chi connectivity index (χ4v) is 2.92. The molecule has 0 radical (unpaired) electrons. The molecule has 4 nitrogen and oxygen atoms in total. The maximum atomic E-state index is 14.2. The highest BCUT2D eigenvalue weighted by molar-refractivity contribution is 5.88. The Labute approximate surface area is 166 Å². The number of hydrogen-bond acceptors (Lipinski definition) is 2. The van der Waals surface area contributed by atoms with Crippen molar-refractivity contribution in [1.29, 1.82) is 0 Å². The molecule has 2 aromatic carbocycles. The Hall–Kier alpha value is -2.69. The van der Waals surface area contributed by atoms with Gasteiger partial charge in [-0.15, -0.1) is 0 Å². The van der Waals surface area contributed by atoms with Gasteiger partial charge in [0.15, 0.2) is 0 Å². The number of nitrogens with one attached hydrogen (secondary N) is 1. The average Bonchev–Trinajstić information content (AvgIpc) is 2.66. The van der Waals surface area contributed by atoms with Crippen LogP contribution in [0.15, 0.2) is 48.5 Å². The van der Waals surface area contributed by atoms with Gasteiger partial charge in [-0.2, -0.15) is 0 Å². The van der Waals surface area contributed by atoms with E-state index in [-0.39, 0.29) is 30.6 Å². The smallest absolute Gasteiger partial charge is 0.242 e. The van der Waals surface area contributed by atoms with Gasteiger partial charge >= 0.3 is 0 Å². The lowest BCUT2D eigenvalue weighted by atomic mass is 10.0. The fraction of sp³-hybridized carbons (Fsp3) is 0.391. The Balaban J connectivity index is 2.24. The summed E-state index contributed by atoms with van der Waals surface area (Å²) in [6, 6.07) is 13.3. The number of nitrogens with zero attached hydrogens (tertiary/aromatic N) is 1. The molecule has 0 aromatic heterocycles. The third-order valence-electron chi connectivity index (χ3n) is 4.75. The fourth-order valence-electron chi connectivity index (χ4n) is 2.92. The Morgan fingerprint density at radius 2 is 1.61 bits per heavy atom. The van der Waals surface area contributed by atoms with Crippen LogP contribution in [0.5, 0.6) is 0 Å². The second kappa shape index (κ2) is 10.0. The van der Waals surface area contributed by atoms with Crippen LogP contribution in [0.4, 0.5) is 4.39 Å². The third kappa shape index (κ3) is 5.91. The quantitative estimate of drug-likeness (QED) is 0.751. The molecule has 0 aliphatic heterocycles. The first kappa shape index (κ1) is 21.6. The van der Waals surface area contributed by atoms with Crippen molar-refractivity contribution in [2.75, 3.05) is 6.54 Å². The van der Waals surface area contributed by atoms with E-state index in [1.807, 2.05) is 45.0 Å². The minimum Gasteiger partial charge on any atom is -0.354 e. The van der Waals surface area contributed by atoms with E-state index in [2.05, 4.69) is 5.32 Å². The van der Waals surface area contributed by atoms with Gasteiger partial charge in [0.2, 0.25) is 11.8 Å². The molecule has 0 bridgehead atoms. The Kier molecular flexibility index (Phi) is 7.73. The maximum Gasteiger partial charge on any atom is 0.242 e. The first-order valence-corrected chi connectivity index (χ1v) is 9.64. The van der Waals surface area contributed by atoms with Crippen LogP contribution in [0.3, 0.4) is 0 Å². The van der Waals surface area contributed by atoms with Gasteiger partial charge in [-0.1, -0.05) is 56.3 Å². The van der Waals surface area contributed by atoms with E-state index in [0.717, 1.165) is 11.1 Å². The number of carbonyl (C=O) groups is 2. The topological polar surface area (TPSA) is 49.4 Å². The molecule has 28 heavy (non-hydrogen) atoms. The van der Waals surface area contributed by atoms with E-state index in [1.165, 1.54) is 11.0 Å². The molecule has 1 atom stereocenters. The highest BCUT2D eigenvalue weighted by atomic mass is 19.1. The van der Waals surface area contributed by atoms with Crippen molar-refractivity contribution in [2.24, 2.45) is 5.92 Å². The molecule has 0 saturated heterocycles. The molecule has 2 rings (SSSR count). The van der Waals surface area contributed by atoms with Crippen molar-refractivity contribution in [3.8, 4) is 0 Å². The van der Waals surface area contributed by atoms with E-state index < -0.39 is 6.04 Å².